The quantitative estimate of drug-likeness (QED) is 0.0262. The Morgan fingerprint density at radius 3 is 1.00 bits per heavy atom. The van der Waals surface area contributed by atoms with E-state index in [-0.39, 0.29) is 31.1 Å². The Balaban J connectivity index is 4.45. The van der Waals surface area contributed by atoms with Gasteiger partial charge in [-0.3, -0.25) is 14.4 Å². The molecule has 0 saturated carbocycles. The van der Waals surface area contributed by atoms with Gasteiger partial charge in [0.15, 0.2) is 6.10 Å². The third-order valence-electron chi connectivity index (χ3n) is 10.9. The van der Waals surface area contributed by atoms with Crippen molar-refractivity contribution in [2.45, 2.75) is 252 Å². The molecule has 0 aromatic rings. The molecule has 0 radical (unpaired) electrons. The summed E-state index contributed by atoms with van der Waals surface area (Å²) in [4.78, 5) is 38.0. The first-order valence-electron chi connectivity index (χ1n) is 25.9. The van der Waals surface area contributed by atoms with Gasteiger partial charge in [-0.1, -0.05) is 190 Å². The molecule has 0 aliphatic rings. The second-order valence-electron chi connectivity index (χ2n) is 17.1. The van der Waals surface area contributed by atoms with E-state index >= 15 is 0 Å². The summed E-state index contributed by atoms with van der Waals surface area (Å²) >= 11 is 0. The topological polar surface area (TPSA) is 78.9 Å². The summed E-state index contributed by atoms with van der Waals surface area (Å²) in [6, 6.07) is 0. The minimum Gasteiger partial charge on any atom is -0.462 e. The minimum atomic E-state index is -0.794. The number of esters is 3. The van der Waals surface area contributed by atoms with Gasteiger partial charge >= 0.3 is 17.9 Å². The number of rotatable bonds is 46. The summed E-state index contributed by atoms with van der Waals surface area (Å²) in [7, 11) is 0. The monoisotopic (exact) mass is 865 g/mol. The number of unbranched alkanes of at least 4 members (excludes halogenated alkanes) is 23. The molecular weight excluding hydrogens is 769 g/mol. The highest BCUT2D eigenvalue weighted by Crippen LogP contribution is 2.13. The van der Waals surface area contributed by atoms with Gasteiger partial charge in [0.05, 0.1) is 0 Å². The molecule has 0 fully saturated rings. The first-order chi connectivity index (χ1) is 30.5. The van der Waals surface area contributed by atoms with E-state index in [1.54, 1.807) is 0 Å². The lowest BCUT2D eigenvalue weighted by Crippen LogP contribution is -2.30. The first kappa shape index (κ1) is 58.9. The number of carbonyl (C=O) groups excluding carboxylic acids is 3. The van der Waals surface area contributed by atoms with Crippen LogP contribution in [-0.2, 0) is 28.6 Å². The van der Waals surface area contributed by atoms with Gasteiger partial charge in [0.2, 0.25) is 0 Å². The van der Waals surface area contributed by atoms with Crippen LogP contribution in [0.4, 0.5) is 0 Å². The average molecular weight is 865 g/mol. The standard InChI is InChI=1S/C56H96O6/c1-4-7-10-13-16-19-22-25-27-28-29-32-34-37-40-43-46-49-55(58)61-52-53(51-60-54(57)48-45-42-39-36-33-30-24-21-18-15-12-9-6-3)62-56(59)50-47-44-41-38-35-31-26-23-20-17-14-11-8-5-2/h14,16-17,19,21,23-27,29,32,53H,4-13,15,18,20,22,28,30-31,33-52H2,1-3H3/b17-14-,19-16-,24-21-,26-23-,27-25-,32-29-/t53-/m1/s1. The second-order valence-corrected chi connectivity index (χ2v) is 17.1. The maximum atomic E-state index is 12.8. The van der Waals surface area contributed by atoms with E-state index in [2.05, 4.69) is 93.7 Å². The number of hydrogen-bond acceptors (Lipinski definition) is 6. The predicted molar refractivity (Wildman–Crippen MR) is 265 cm³/mol. The molecule has 6 heteroatoms. The molecule has 0 bridgehead atoms. The van der Waals surface area contributed by atoms with Crippen molar-refractivity contribution in [1.29, 1.82) is 0 Å². The SMILES string of the molecule is CCCC/C=C\C/C=C\CCCCCCCC(=O)O[C@@H](COC(=O)CCCCCC/C=C\C/C=C\C/C=C\CCCCC)COC(=O)CCCCCCC/C=C\CCCCCC. The number of hydrogen-bond donors (Lipinski definition) is 0. The van der Waals surface area contributed by atoms with Gasteiger partial charge in [-0.2, -0.15) is 0 Å². The summed E-state index contributed by atoms with van der Waals surface area (Å²) in [5, 5.41) is 0. The lowest BCUT2D eigenvalue weighted by Gasteiger charge is -2.18. The zero-order chi connectivity index (χ0) is 45.1. The molecule has 0 aliphatic carbocycles. The van der Waals surface area contributed by atoms with Crippen LogP contribution in [0.1, 0.15) is 245 Å². The maximum absolute atomic E-state index is 12.8. The molecule has 0 N–H and O–H groups in total. The predicted octanol–water partition coefficient (Wildman–Crippen LogP) is 17.0. The molecule has 6 nitrogen and oxygen atoms in total. The molecule has 0 unspecified atom stereocenters. The van der Waals surface area contributed by atoms with Crippen molar-refractivity contribution in [1.82, 2.24) is 0 Å². The van der Waals surface area contributed by atoms with Crippen LogP contribution in [0.2, 0.25) is 0 Å². The van der Waals surface area contributed by atoms with E-state index < -0.39 is 6.10 Å². The smallest absolute Gasteiger partial charge is 0.306 e. The molecule has 356 valence electrons. The molecule has 0 aliphatic heterocycles. The Bertz CT molecular complexity index is 1180. The summed E-state index contributed by atoms with van der Waals surface area (Å²) in [6.45, 7) is 6.51. The lowest BCUT2D eigenvalue weighted by atomic mass is 10.1. The van der Waals surface area contributed by atoms with Gasteiger partial charge < -0.3 is 14.2 Å². The lowest BCUT2D eigenvalue weighted by molar-refractivity contribution is -0.167. The second kappa shape index (κ2) is 50.5. The van der Waals surface area contributed by atoms with Gasteiger partial charge in [-0.05, 0) is 109 Å². The third kappa shape index (κ3) is 47.9. The van der Waals surface area contributed by atoms with Crippen LogP contribution in [0, 0.1) is 0 Å². The Kier molecular flexibility index (Phi) is 47.9. The van der Waals surface area contributed by atoms with Crippen LogP contribution >= 0.6 is 0 Å². The van der Waals surface area contributed by atoms with E-state index in [0.717, 1.165) is 116 Å². The van der Waals surface area contributed by atoms with Gasteiger partial charge in [0.1, 0.15) is 13.2 Å². The van der Waals surface area contributed by atoms with Crippen molar-refractivity contribution < 1.29 is 28.6 Å². The molecule has 62 heavy (non-hydrogen) atoms. The third-order valence-corrected chi connectivity index (χ3v) is 10.9. The highest BCUT2D eigenvalue weighted by atomic mass is 16.6. The van der Waals surface area contributed by atoms with E-state index in [4.69, 9.17) is 14.2 Å². The maximum Gasteiger partial charge on any atom is 0.306 e. The van der Waals surface area contributed by atoms with Gasteiger partial charge in [0, 0.05) is 19.3 Å². The van der Waals surface area contributed by atoms with Crippen molar-refractivity contribution in [2.75, 3.05) is 13.2 Å². The Labute approximate surface area is 382 Å². The summed E-state index contributed by atoms with van der Waals surface area (Å²) < 4.78 is 16.8. The van der Waals surface area contributed by atoms with Crippen molar-refractivity contribution in [3.8, 4) is 0 Å². The molecule has 1 atom stereocenters. The van der Waals surface area contributed by atoms with E-state index in [1.807, 2.05) is 0 Å². The normalized spacial score (nSPS) is 12.6. The number of allylic oxidation sites excluding steroid dienone is 12. The highest BCUT2D eigenvalue weighted by molar-refractivity contribution is 5.71. The fourth-order valence-electron chi connectivity index (χ4n) is 6.93. The Morgan fingerprint density at radius 2 is 0.597 bits per heavy atom. The average Bonchev–Trinajstić information content (AvgIpc) is 3.27. The number of ether oxygens (including phenoxy) is 3. The van der Waals surface area contributed by atoms with Crippen LogP contribution in [0.25, 0.3) is 0 Å². The molecule has 0 saturated heterocycles. The fourth-order valence-corrected chi connectivity index (χ4v) is 6.93. The molecular formula is C56H96O6. The van der Waals surface area contributed by atoms with Gasteiger partial charge in [-0.15, -0.1) is 0 Å². The largest absolute Gasteiger partial charge is 0.462 e. The molecule has 0 heterocycles. The van der Waals surface area contributed by atoms with Crippen molar-refractivity contribution >= 4 is 17.9 Å². The van der Waals surface area contributed by atoms with Crippen LogP contribution in [-0.4, -0.2) is 37.2 Å². The van der Waals surface area contributed by atoms with Crippen molar-refractivity contribution in [3.63, 3.8) is 0 Å². The molecule has 0 rings (SSSR count). The molecule has 0 aromatic heterocycles. The van der Waals surface area contributed by atoms with Crippen LogP contribution in [0.15, 0.2) is 72.9 Å². The summed E-state index contributed by atoms with van der Waals surface area (Å²) in [5.74, 6) is -0.937. The van der Waals surface area contributed by atoms with Crippen LogP contribution < -0.4 is 0 Å². The van der Waals surface area contributed by atoms with Crippen LogP contribution in [0.5, 0.6) is 0 Å². The van der Waals surface area contributed by atoms with Crippen molar-refractivity contribution in [3.05, 3.63) is 72.9 Å². The van der Waals surface area contributed by atoms with E-state index in [9.17, 15) is 14.4 Å². The zero-order valence-electron chi connectivity index (χ0n) is 40.6. The fraction of sp³-hybridized carbons (Fsp3) is 0.732. The van der Waals surface area contributed by atoms with Gasteiger partial charge in [0.25, 0.3) is 0 Å². The van der Waals surface area contributed by atoms with Crippen molar-refractivity contribution in [2.24, 2.45) is 0 Å². The number of carbonyl (C=O) groups is 3. The summed E-state index contributed by atoms with van der Waals surface area (Å²) in [6.07, 6.45) is 63.0. The minimum absolute atomic E-state index is 0.0931. The summed E-state index contributed by atoms with van der Waals surface area (Å²) in [5.41, 5.74) is 0. The van der Waals surface area contributed by atoms with Crippen LogP contribution in [0.3, 0.4) is 0 Å². The zero-order valence-corrected chi connectivity index (χ0v) is 40.6. The molecule has 0 amide bonds. The Morgan fingerprint density at radius 1 is 0.323 bits per heavy atom. The molecule has 0 spiro atoms. The highest BCUT2D eigenvalue weighted by Gasteiger charge is 2.19. The van der Waals surface area contributed by atoms with E-state index in [1.165, 1.54) is 89.9 Å². The van der Waals surface area contributed by atoms with E-state index in [0.29, 0.717) is 19.3 Å². The Hall–Kier alpha value is -3.15. The first-order valence-corrected chi connectivity index (χ1v) is 25.9. The molecule has 0 aromatic carbocycles. The van der Waals surface area contributed by atoms with Gasteiger partial charge in [-0.25, -0.2) is 0 Å².